The summed E-state index contributed by atoms with van der Waals surface area (Å²) in [5, 5.41) is 0. The maximum atomic E-state index is 9.51. The molecule has 1 aromatic rings. The third-order valence-electron chi connectivity index (χ3n) is 1.63. The molecule has 0 amide bonds. The molecule has 0 atom stereocenters. The Kier molecular flexibility index (Phi) is 11.0. The molecule has 8 nitrogen and oxygen atoms in total. The van der Waals surface area contributed by atoms with Gasteiger partial charge in [0, 0.05) is 0 Å². The van der Waals surface area contributed by atoms with E-state index in [1.165, 1.54) is 11.1 Å². The van der Waals surface area contributed by atoms with Crippen molar-refractivity contribution in [3.63, 3.8) is 0 Å². The molecule has 2 N–H and O–H groups in total. The summed E-state index contributed by atoms with van der Waals surface area (Å²) in [7, 11) is -10.0. The fraction of sp³-hybridized carbons (Fsp3) is 0.250. The van der Waals surface area contributed by atoms with Crippen LogP contribution in [0.3, 0.4) is 0 Å². The summed E-state index contributed by atoms with van der Waals surface area (Å²) in [6.07, 6.45) is 0. The molecule has 0 saturated carbocycles. The van der Waals surface area contributed by atoms with Crippen LogP contribution < -0.4 is 0 Å². The van der Waals surface area contributed by atoms with Crippen molar-refractivity contribution >= 4 is 72.2 Å². The predicted molar refractivity (Wildman–Crippen MR) is 68.3 cm³/mol. The normalized spacial score (nSPS) is 10.9. The topological polar surface area (TPSA) is 127 Å². The van der Waals surface area contributed by atoms with Gasteiger partial charge in [-0.25, -0.2) is 0 Å². The minimum absolute atomic E-state index is 0. The number of aryl methyl sites for hydroxylation is 2. The van der Waals surface area contributed by atoms with Gasteiger partial charge in [-0.05, 0) is 25.0 Å². The molecule has 0 heterocycles. The second-order valence-electron chi connectivity index (χ2n) is 3.08. The van der Waals surface area contributed by atoms with E-state index in [1.807, 2.05) is 0 Å². The van der Waals surface area contributed by atoms with Gasteiger partial charge >= 0.3 is 72.2 Å². The van der Waals surface area contributed by atoms with Crippen molar-refractivity contribution in [1.82, 2.24) is 0 Å². The molecule has 0 unspecified atom stereocenters. The molecule has 106 valence electrons. The quantitative estimate of drug-likeness (QED) is 0.345. The average molecular weight is 340 g/mol. The van der Waals surface area contributed by atoms with Gasteiger partial charge < -0.3 is 0 Å². The van der Waals surface area contributed by atoms with Crippen molar-refractivity contribution in [1.29, 1.82) is 0 Å². The number of hydrogen-bond donors (Lipinski definition) is 2. The van der Waals surface area contributed by atoms with Crippen molar-refractivity contribution in [2.75, 3.05) is 0 Å². The Morgan fingerprint density at radius 2 is 1.11 bits per heavy atom. The van der Waals surface area contributed by atoms with Crippen LogP contribution in [0, 0.1) is 13.8 Å². The molecule has 0 bridgehead atoms. The molecule has 0 aliphatic carbocycles. The van der Waals surface area contributed by atoms with Crippen LogP contribution in [0.25, 0.3) is 0 Å². The SMILES string of the molecule is Cc1ccccc1C.O=S(=O)(O)OOS(=O)(=O)O.[KH]. The van der Waals surface area contributed by atoms with Gasteiger partial charge in [0.25, 0.3) is 0 Å². The molecule has 0 aliphatic rings. The second kappa shape index (κ2) is 9.52. The van der Waals surface area contributed by atoms with Crippen LogP contribution in [0.5, 0.6) is 0 Å². The summed E-state index contributed by atoms with van der Waals surface area (Å²) >= 11 is 0. The van der Waals surface area contributed by atoms with Crippen LogP contribution in [0.4, 0.5) is 0 Å². The molecule has 0 saturated heterocycles. The molecule has 0 aromatic heterocycles. The van der Waals surface area contributed by atoms with Crippen LogP contribution in [0.1, 0.15) is 11.1 Å². The van der Waals surface area contributed by atoms with E-state index in [9.17, 15) is 16.8 Å². The van der Waals surface area contributed by atoms with Crippen LogP contribution in [-0.4, -0.2) is 77.3 Å². The van der Waals surface area contributed by atoms with Crippen LogP contribution >= 0.6 is 0 Å². The van der Waals surface area contributed by atoms with Crippen molar-refractivity contribution in [2.45, 2.75) is 13.8 Å². The third kappa shape index (κ3) is 14.8. The van der Waals surface area contributed by atoms with Gasteiger partial charge in [0.05, 0.1) is 0 Å². The first-order valence-electron chi connectivity index (χ1n) is 4.36. The third-order valence-corrected chi connectivity index (χ3v) is 2.19. The van der Waals surface area contributed by atoms with E-state index >= 15 is 0 Å². The molecule has 0 fully saturated rings. The zero-order valence-electron chi connectivity index (χ0n) is 9.47. The summed E-state index contributed by atoms with van der Waals surface area (Å²) in [5.74, 6) is 0. The summed E-state index contributed by atoms with van der Waals surface area (Å²) in [4.78, 5) is 0. The van der Waals surface area contributed by atoms with Crippen molar-refractivity contribution in [3.05, 3.63) is 35.4 Å². The van der Waals surface area contributed by atoms with Gasteiger partial charge in [-0.15, -0.1) is 0 Å². The maximum absolute atomic E-state index is 9.51. The van der Waals surface area contributed by atoms with Crippen molar-refractivity contribution in [2.24, 2.45) is 0 Å². The Hall–Kier alpha value is 0.596. The fourth-order valence-corrected chi connectivity index (χ4v) is 1.29. The van der Waals surface area contributed by atoms with E-state index < -0.39 is 20.8 Å². The standard InChI is InChI=1S/C8H10.K.H2O8S2.H/c1-7-5-3-4-6-8(7)2;;1-9(2,3)7-8-10(4,5)6;/h3-6H,1-2H3;;(H,1,2,3)(H,4,5,6);. The van der Waals surface area contributed by atoms with Gasteiger partial charge in [-0.2, -0.15) is 16.8 Å². The van der Waals surface area contributed by atoms with Crippen molar-refractivity contribution in [3.8, 4) is 0 Å². The van der Waals surface area contributed by atoms with Gasteiger partial charge in [0.15, 0.2) is 0 Å². The molecular weight excluding hydrogens is 327 g/mol. The fourth-order valence-electron chi connectivity index (χ4n) is 0.733. The summed E-state index contributed by atoms with van der Waals surface area (Å²) in [6, 6.07) is 8.36. The molecule has 1 aromatic carbocycles. The van der Waals surface area contributed by atoms with E-state index in [1.54, 1.807) is 0 Å². The number of rotatable bonds is 3. The Morgan fingerprint density at radius 3 is 1.26 bits per heavy atom. The predicted octanol–water partition coefficient (Wildman–Crippen LogP) is 0.195. The molecule has 0 radical (unpaired) electrons. The van der Waals surface area contributed by atoms with Gasteiger partial charge in [-0.3, -0.25) is 9.11 Å². The molecule has 19 heavy (non-hydrogen) atoms. The Labute approximate surface area is 154 Å². The van der Waals surface area contributed by atoms with Crippen LogP contribution in [0.15, 0.2) is 24.3 Å². The monoisotopic (exact) mass is 340 g/mol. The zero-order chi connectivity index (χ0) is 14.4. The van der Waals surface area contributed by atoms with E-state index in [-0.39, 0.29) is 51.4 Å². The first kappa shape index (κ1) is 21.9. The molecule has 11 heteroatoms. The summed E-state index contributed by atoms with van der Waals surface area (Å²) in [5.41, 5.74) is 2.74. The van der Waals surface area contributed by atoms with Gasteiger partial charge in [-0.1, -0.05) is 32.9 Å². The van der Waals surface area contributed by atoms with Gasteiger partial charge in [0.1, 0.15) is 0 Å². The molecule has 0 aliphatic heterocycles. The molecule has 0 spiro atoms. The second-order valence-corrected chi connectivity index (χ2v) is 5.06. The van der Waals surface area contributed by atoms with Crippen LogP contribution in [-0.2, 0) is 29.5 Å². The molecule has 1 rings (SSSR count). The van der Waals surface area contributed by atoms with E-state index in [2.05, 4.69) is 46.8 Å². The summed E-state index contributed by atoms with van der Waals surface area (Å²) < 4.78 is 58.9. The Morgan fingerprint density at radius 1 is 0.842 bits per heavy atom. The first-order valence-corrected chi connectivity index (χ1v) is 7.09. The first-order chi connectivity index (χ1) is 8.01. The van der Waals surface area contributed by atoms with E-state index in [4.69, 9.17) is 9.11 Å². The van der Waals surface area contributed by atoms with Crippen molar-refractivity contribution < 1.29 is 34.6 Å². The van der Waals surface area contributed by atoms with E-state index in [0.29, 0.717) is 0 Å². The van der Waals surface area contributed by atoms with Crippen LogP contribution in [0.2, 0.25) is 0 Å². The minimum atomic E-state index is -5.02. The van der Waals surface area contributed by atoms with Gasteiger partial charge in [0.2, 0.25) is 0 Å². The number of benzene rings is 1. The van der Waals surface area contributed by atoms with E-state index in [0.717, 1.165) is 0 Å². The Bertz CT molecular complexity index is 528. The number of hydrogen-bond acceptors (Lipinski definition) is 6. The average Bonchev–Trinajstić information content (AvgIpc) is 2.19. The molecular formula is C8H13KO8S2. The summed E-state index contributed by atoms with van der Waals surface area (Å²) in [6.45, 7) is 4.24. The zero-order valence-corrected chi connectivity index (χ0v) is 11.1. The Balaban J connectivity index is 0.